The largest absolute Gasteiger partial charge is 0.440 e. The third kappa shape index (κ3) is 3.62. The first-order valence-corrected chi connectivity index (χ1v) is 10.4. The number of nitrogens with zero attached hydrogens (tertiary/aromatic N) is 1. The quantitative estimate of drug-likeness (QED) is 0.413. The van der Waals surface area contributed by atoms with Crippen LogP contribution in [0.25, 0.3) is 27.8 Å². The van der Waals surface area contributed by atoms with E-state index in [0.29, 0.717) is 0 Å². The van der Waals surface area contributed by atoms with Crippen LogP contribution < -0.4 is 0 Å². The highest BCUT2D eigenvalue weighted by atomic mass is 16.4. The van der Waals surface area contributed by atoms with E-state index in [9.17, 15) is 5.11 Å². The molecule has 2 aromatic heterocycles. The van der Waals surface area contributed by atoms with E-state index >= 15 is 0 Å². The summed E-state index contributed by atoms with van der Waals surface area (Å²) in [6, 6.07) is 16.3. The molecule has 2 N–H and O–H groups in total. The van der Waals surface area contributed by atoms with Crippen LogP contribution in [0.5, 0.6) is 0 Å². The standard InChI is InChI=1S/C26H24N2O2/c29-17-18-7-5-10-20(15-18)26-25(19-8-1-2-9-19)28-24(30-26)14-6-11-21-16-27-23-13-4-3-12-22(21)23/h1-5,7-8,10,12-13,15-16,27,29H,6,9,11,14,17H2. The number of H-pyrrole nitrogens is 1. The van der Waals surface area contributed by atoms with Crippen molar-refractivity contribution in [2.45, 2.75) is 32.3 Å². The molecule has 0 fully saturated rings. The SMILES string of the molecule is OCc1cccc(-c2oc(CCCc3c[nH]c4ccccc34)nc2C2=CC=CC2)c1. The molecule has 0 unspecified atom stereocenters. The van der Waals surface area contributed by atoms with Crippen LogP contribution in [0.15, 0.2) is 77.4 Å². The molecule has 30 heavy (non-hydrogen) atoms. The number of allylic oxidation sites excluding steroid dienone is 4. The van der Waals surface area contributed by atoms with E-state index in [-0.39, 0.29) is 6.61 Å². The second-order valence-corrected chi connectivity index (χ2v) is 7.68. The fraction of sp³-hybridized carbons (Fsp3) is 0.192. The number of hydrogen-bond donors (Lipinski definition) is 2. The zero-order chi connectivity index (χ0) is 20.3. The number of aliphatic hydroxyl groups excluding tert-OH is 1. The van der Waals surface area contributed by atoms with Crippen molar-refractivity contribution < 1.29 is 9.52 Å². The number of benzene rings is 2. The second kappa shape index (κ2) is 8.17. The average Bonchev–Trinajstić information content (AvgIpc) is 3.54. The number of aromatic amines is 1. The summed E-state index contributed by atoms with van der Waals surface area (Å²) in [6.07, 6.45) is 12.0. The molecular weight excluding hydrogens is 372 g/mol. The summed E-state index contributed by atoms with van der Waals surface area (Å²) >= 11 is 0. The highest BCUT2D eigenvalue weighted by Gasteiger charge is 2.19. The predicted molar refractivity (Wildman–Crippen MR) is 120 cm³/mol. The highest BCUT2D eigenvalue weighted by molar-refractivity contribution is 5.83. The van der Waals surface area contributed by atoms with Crippen LogP contribution in [0.3, 0.4) is 0 Å². The fourth-order valence-corrected chi connectivity index (χ4v) is 4.09. The van der Waals surface area contributed by atoms with Gasteiger partial charge in [-0.1, -0.05) is 54.6 Å². The minimum atomic E-state index is 0.0129. The lowest BCUT2D eigenvalue weighted by molar-refractivity contribution is 0.282. The summed E-state index contributed by atoms with van der Waals surface area (Å²) < 4.78 is 6.25. The highest BCUT2D eigenvalue weighted by Crippen LogP contribution is 2.34. The number of rotatable bonds is 7. The Hall–Kier alpha value is -3.37. The number of fused-ring (bicyclic) bond motifs is 1. The van der Waals surface area contributed by atoms with E-state index in [2.05, 4.69) is 53.7 Å². The molecule has 4 aromatic rings. The van der Waals surface area contributed by atoms with Gasteiger partial charge >= 0.3 is 0 Å². The summed E-state index contributed by atoms with van der Waals surface area (Å²) in [5, 5.41) is 10.8. The molecule has 0 atom stereocenters. The molecule has 4 nitrogen and oxygen atoms in total. The number of nitrogens with one attached hydrogen (secondary N) is 1. The van der Waals surface area contributed by atoms with Gasteiger partial charge < -0.3 is 14.5 Å². The van der Waals surface area contributed by atoms with Crippen LogP contribution in [0.4, 0.5) is 0 Å². The van der Waals surface area contributed by atoms with Crippen LogP contribution in [0.1, 0.15) is 35.6 Å². The Balaban J connectivity index is 1.38. The van der Waals surface area contributed by atoms with E-state index in [1.54, 1.807) is 0 Å². The lowest BCUT2D eigenvalue weighted by Gasteiger charge is -2.04. The van der Waals surface area contributed by atoms with Crippen molar-refractivity contribution in [1.29, 1.82) is 0 Å². The van der Waals surface area contributed by atoms with E-state index in [4.69, 9.17) is 9.40 Å². The second-order valence-electron chi connectivity index (χ2n) is 7.68. The van der Waals surface area contributed by atoms with Crippen LogP contribution >= 0.6 is 0 Å². The van der Waals surface area contributed by atoms with E-state index in [0.717, 1.165) is 54.2 Å². The lowest BCUT2D eigenvalue weighted by Crippen LogP contribution is -1.91. The molecule has 0 saturated carbocycles. The first-order valence-electron chi connectivity index (χ1n) is 10.4. The van der Waals surface area contributed by atoms with Crippen molar-refractivity contribution in [3.8, 4) is 11.3 Å². The van der Waals surface area contributed by atoms with Crippen molar-refractivity contribution in [3.05, 3.63) is 95.7 Å². The van der Waals surface area contributed by atoms with Crippen molar-refractivity contribution in [2.75, 3.05) is 0 Å². The number of aliphatic hydroxyl groups is 1. The lowest BCUT2D eigenvalue weighted by atomic mass is 10.0. The summed E-state index contributed by atoms with van der Waals surface area (Å²) in [4.78, 5) is 8.21. The molecule has 150 valence electrons. The van der Waals surface area contributed by atoms with Crippen LogP contribution in [0.2, 0.25) is 0 Å². The predicted octanol–water partition coefficient (Wildman–Crippen LogP) is 5.83. The number of para-hydroxylation sites is 1. The van der Waals surface area contributed by atoms with Crippen molar-refractivity contribution in [3.63, 3.8) is 0 Å². The summed E-state index contributed by atoms with van der Waals surface area (Å²) in [7, 11) is 0. The van der Waals surface area contributed by atoms with Crippen LogP contribution in [-0.4, -0.2) is 15.1 Å². The van der Waals surface area contributed by atoms with E-state index in [1.807, 2.05) is 24.3 Å². The van der Waals surface area contributed by atoms with Gasteiger partial charge in [-0.15, -0.1) is 0 Å². The topological polar surface area (TPSA) is 62.1 Å². The van der Waals surface area contributed by atoms with Gasteiger partial charge in [0.1, 0.15) is 5.69 Å². The smallest absolute Gasteiger partial charge is 0.195 e. The molecular formula is C26H24N2O2. The van der Waals surface area contributed by atoms with Gasteiger partial charge in [0.15, 0.2) is 11.7 Å². The Morgan fingerprint density at radius 2 is 2.00 bits per heavy atom. The maximum Gasteiger partial charge on any atom is 0.195 e. The molecule has 0 aliphatic heterocycles. The Morgan fingerprint density at radius 3 is 2.87 bits per heavy atom. The van der Waals surface area contributed by atoms with Gasteiger partial charge in [-0.05, 0) is 48.1 Å². The number of oxazole rings is 1. The summed E-state index contributed by atoms with van der Waals surface area (Å²) in [6.45, 7) is 0.0129. The summed E-state index contributed by atoms with van der Waals surface area (Å²) in [5.74, 6) is 1.56. The first kappa shape index (κ1) is 18.6. The zero-order valence-electron chi connectivity index (χ0n) is 16.8. The van der Waals surface area contributed by atoms with Gasteiger partial charge in [-0.2, -0.15) is 0 Å². The zero-order valence-corrected chi connectivity index (χ0v) is 16.8. The molecule has 0 radical (unpaired) electrons. The Morgan fingerprint density at radius 1 is 1.07 bits per heavy atom. The normalized spacial score (nSPS) is 13.3. The fourth-order valence-electron chi connectivity index (χ4n) is 4.09. The summed E-state index contributed by atoms with van der Waals surface area (Å²) in [5.41, 5.74) is 6.42. The molecule has 2 aromatic carbocycles. The Kier molecular flexibility index (Phi) is 5.08. The molecule has 4 heteroatoms. The number of hydrogen-bond acceptors (Lipinski definition) is 3. The number of aryl methyl sites for hydroxylation is 2. The molecule has 1 aliphatic carbocycles. The molecule has 5 rings (SSSR count). The third-order valence-corrected chi connectivity index (χ3v) is 5.63. The van der Waals surface area contributed by atoms with Crippen molar-refractivity contribution >= 4 is 16.5 Å². The van der Waals surface area contributed by atoms with Gasteiger partial charge in [0.25, 0.3) is 0 Å². The van der Waals surface area contributed by atoms with Gasteiger partial charge in [-0.25, -0.2) is 4.98 Å². The van der Waals surface area contributed by atoms with E-state index < -0.39 is 0 Å². The maximum absolute atomic E-state index is 9.51. The van der Waals surface area contributed by atoms with Gasteiger partial charge in [0.2, 0.25) is 0 Å². The van der Waals surface area contributed by atoms with E-state index in [1.165, 1.54) is 22.0 Å². The molecule has 0 spiro atoms. The van der Waals surface area contributed by atoms with Gasteiger partial charge in [0.05, 0.1) is 6.61 Å². The van der Waals surface area contributed by atoms with Crippen LogP contribution in [-0.2, 0) is 19.4 Å². The third-order valence-electron chi connectivity index (χ3n) is 5.63. The Labute approximate surface area is 175 Å². The average molecular weight is 396 g/mol. The minimum absolute atomic E-state index is 0.0129. The number of aromatic nitrogens is 2. The minimum Gasteiger partial charge on any atom is -0.440 e. The molecule has 0 bridgehead atoms. The Bertz CT molecular complexity index is 1240. The van der Waals surface area contributed by atoms with Gasteiger partial charge in [-0.3, -0.25) is 0 Å². The molecule has 0 saturated heterocycles. The van der Waals surface area contributed by atoms with Crippen LogP contribution in [0, 0.1) is 0 Å². The molecule has 1 aliphatic rings. The van der Waals surface area contributed by atoms with Gasteiger partial charge in [0, 0.05) is 29.1 Å². The maximum atomic E-state index is 9.51. The monoisotopic (exact) mass is 396 g/mol. The first-order chi connectivity index (χ1) is 14.8. The van der Waals surface area contributed by atoms with Crippen molar-refractivity contribution in [1.82, 2.24) is 9.97 Å². The van der Waals surface area contributed by atoms with Crippen molar-refractivity contribution in [2.24, 2.45) is 0 Å². The molecule has 2 heterocycles. The molecule has 0 amide bonds.